The SMILES string of the molecule is C=C(C)C1=N[C@@H](C(C)(C)C)CO1. The Balaban J connectivity index is 2.71. The predicted octanol–water partition coefficient (Wildman–Crippen LogP) is 2.41. The highest BCUT2D eigenvalue weighted by Crippen LogP contribution is 2.26. The number of hydrogen-bond acceptors (Lipinski definition) is 2. The van der Waals surface area contributed by atoms with Crippen LogP contribution in [0.3, 0.4) is 0 Å². The minimum Gasteiger partial charge on any atom is -0.475 e. The van der Waals surface area contributed by atoms with Gasteiger partial charge in [0.2, 0.25) is 5.90 Å². The van der Waals surface area contributed by atoms with Crippen molar-refractivity contribution in [3.05, 3.63) is 12.2 Å². The van der Waals surface area contributed by atoms with Crippen LogP contribution in [0, 0.1) is 5.41 Å². The number of aliphatic imine (C=N–C) groups is 1. The van der Waals surface area contributed by atoms with Crippen LogP contribution in [0.15, 0.2) is 17.1 Å². The summed E-state index contributed by atoms with van der Waals surface area (Å²) in [6.45, 7) is 12.9. The summed E-state index contributed by atoms with van der Waals surface area (Å²) in [5, 5.41) is 0. The second-order valence-corrected chi connectivity index (χ2v) is 4.41. The van der Waals surface area contributed by atoms with Crippen molar-refractivity contribution in [3.63, 3.8) is 0 Å². The third-order valence-corrected chi connectivity index (χ3v) is 2.02. The Morgan fingerprint density at radius 2 is 2.17 bits per heavy atom. The standard InChI is InChI=1S/C10H17NO/c1-7(2)9-11-8(6-12-9)10(3,4)5/h8H,1,6H2,2-5H3/t8-/m1/s1. The van der Waals surface area contributed by atoms with E-state index in [1.807, 2.05) is 6.92 Å². The normalized spacial score (nSPS) is 23.3. The monoisotopic (exact) mass is 167 g/mol. The van der Waals surface area contributed by atoms with Crippen LogP contribution in [-0.2, 0) is 4.74 Å². The van der Waals surface area contributed by atoms with Crippen LogP contribution >= 0.6 is 0 Å². The fourth-order valence-corrected chi connectivity index (χ4v) is 1.05. The maximum absolute atomic E-state index is 5.40. The summed E-state index contributed by atoms with van der Waals surface area (Å²) in [5.74, 6) is 0.731. The first-order chi connectivity index (χ1) is 5.41. The van der Waals surface area contributed by atoms with E-state index >= 15 is 0 Å². The Morgan fingerprint density at radius 3 is 2.42 bits per heavy atom. The number of ether oxygens (including phenoxy) is 1. The Labute approximate surface area is 74.3 Å². The van der Waals surface area contributed by atoms with Crippen molar-refractivity contribution in [2.75, 3.05) is 6.61 Å². The van der Waals surface area contributed by atoms with Gasteiger partial charge >= 0.3 is 0 Å². The molecule has 12 heavy (non-hydrogen) atoms. The van der Waals surface area contributed by atoms with Gasteiger partial charge in [-0.15, -0.1) is 0 Å². The lowest BCUT2D eigenvalue weighted by molar-refractivity contribution is 0.235. The highest BCUT2D eigenvalue weighted by atomic mass is 16.5. The van der Waals surface area contributed by atoms with Gasteiger partial charge in [0.05, 0.1) is 6.04 Å². The summed E-state index contributed by atoms with van der Waals surface area (Å²) < 4.78 is 5.40. The van der Waals surface area contributed by atoms with Gasteiger partial charge in [0, 0.05) is 5.57 Å². The van der Waals surface area contributed by atoms with Crippen LogP contribution in [0.5, 0.6) is 0 Å². The summed E-state index contributed by atoms with van der Waals surface area (Å²) in [6, 6.07) is 0.282. The highest BCUT2D eigenvalue weighted by Gasteiger charge is 2.30. The molecular formula is C10H17NO. The van der Waals surface area contributed by atoms with Gasteiger partial charge in [0.1, 0.15) is 6.61 Å². The molecule has 0 saturated carbocycles. The molecule has 0 fully saturated rings. The quantitative estimate of drug-likeness (QED) is 0.587. The molecule has 1 atom stereocenters. The predicted molar refractivity (Wildman–Crippen MR) is 51.4 cm³/mol. The lowest BCUT2D eigenvalue weighted by Gasteiger charge is -2.21. The van der Waals surface area contributed by atoms with Crippen LogP contribution in [-0.4, -0.2) is 18.5 Å². The summed E-state index contributed by atoms with van der Waals surface area (Å²) in [5.41, 5.74) is 1.11. The molecule has 0 aromatic rings. The molecule has 0 N–H and O–H groups in total. The van der Waals surface area contributed by atoms with Crippen molar-refractivity contribution in [1.29, 1.82) is 0 Å². The van der Waals surface area contributed by atoms with Crippen molar-refractivity contribution >= 4 is 5.90 Å². The molecule has 1 aliphatic rings. The minimum atomic E-state index is 0.192. The van der Waals surface area contributed by atoms with Crippen molar-refractivity contribution < 1.29 is 4.74 Å². The summed E-state index contributed by atoms with van der Waals surface area (Å²) in [4.78, 5) is 4.45. The van der Waals surface area contributed by atoms with Crippen molar-refractivity contribution in [3.8, 4) is 0 Å². The maximum Gasteiger partial charge on any atom is 0.211 e. The van der Waals surface area contributed by atoms with Crippen LogP contribution in [0.1, 0.15) is 27.7 Å². The first kappa shape index (κ1) is 9.30. The largest absolute Gasteiger partial charge is 0.475 e. The van der Waals surface area contributed by atoms with E-state index in [2.05, 4.69) is 32.3 Å². The molecule has 2 heteroatoms. The topological polar surface area (TPSA) is 21.6 Å². The minimum absolute atomic E-state index is 0.192. The molecule has 2 nitrogen and oxygen atoms in total. The van der Waals surface area contributed by atoms with Gasteiger partial charge in [0.25, 0.3) is 0 Å². The van der Waals surface area contributed by atoms with Gasteiger partial charge in [-0.05, 0) is 12.3 Å². The van der Waals surface area contributed by atoms with Crippen LogP contribution in [0.2, 0.25) is 0 Å². The lowest BCUT2D eigenvalue weighted by atomic mass is 9.88. The zero-order valence-electron chi connectivity index (χ0n) is 8.35. The zero-order chi connectivity index (χ0) is 9.35. The smallest absolute Gasteiger partial charge is 0.211 e. The molecule has 0 unspecified atom stereocenters. The molecule has 0 bridgehead atoms. The molecule has 68 valence electrons. The second kappa shape index (κ2) is 2.92. The van der Waals surface area contributed by atoms with E-state index < -0.39 is 0 Å². The zero-order valence-corrected chi connectivity index (χ0v) is 8.35. The molecule has 0 radical (unpaired) electrons. The Hall–Kier alpha value is -0.790. The van der Waals surface area contributed by atoms with E-state index in [0.717, 1.165) is 11.5 Å². The molecule has 1 heterocycles. The Morgan fingerprint density at radius 1 is 1.58 bits per heavy atom. The first-order valence-corrected chi connectivity index (χ1v) is 4.28. The lowest BCUT2D eigenvalue weighted by Crippen LogP contribution is -2.25. The Kier molecular flexibility index (Phi) is 2.27. The number of rotatable bonds is 1. The fraction of sp³-hybridized carbons (Fsp3) is 0.700. The molecule has 1 aliphatic heterocycles. The molecule has 0 amide bonds. The molecule has 0 aromatic carbocycles. The van der Waals surface area contributed by atoms with E-state index in [4.69, 9.17) is 4.74 Å². The van der Waals surface area contributed by atoms with Gasteiger partial charge in [-0.3, -0.25) is 0 Å². The molecule has 0 spiro atoms. The molecule has 0 aliphatic carbocycles. The molecule has 0 saturated heterocycles. The van der Waals surface area contributed by atoms with Gasteiger partial charge in [-0.25, -0.2) is 4.99 Å². The van der Waals surface area contributed by atoms with Crippen molar-refractivity contribution in [1.82, 2.24) is 0 Å². The third-order valence-electron chi connectivity index (χ3n) is 2.02. The van der Waals surface area contributed by atoms with Crippen LogP contribution < -0.4 is 0 Å². The first-order valence-electron chi connectivity index (χ1n) is 4.28. The fourth-order valence-electron chi connectivity index (χ4n) is 1.05. The summed E-state index contributed by atoms with van der Waals surface area (Å²) >= 11 is 0. The van der Waals surface area contributed by atoms with E-state index in [0.29, 0.717) is 6.61 Å². The van der Waals surface area contributed by atoms with Crippen molar-refractivity contribution in [2.24, 2.45) is 10.4 Å². The van der Waals surface area contributed by atoms with Gasteiger partial charge in [0.15, 0.2) is 0 Å². The maximum atomic E-state index is 5.40. The van der Waals surface area contributed by atoms with Gasteiger partial charge in [-0.2, -0.15) is 0 Å². The Bertz CT molecular complexity index is 222. The number of hydrogen-bond donors (Lipinski definition) is 0. The third kappa shape index (κ3) is 1.87. The summed E-state index contributed by atoms with van der Waals surface area (Å²) in [7, 11) is 0. The van der Waals surface area contributed by atoms with E-state index in [1.165, 1.54) is 0 Å². The highest BCUT2D eigenvalue weighted by molar-refractivity contribution is 5.93. The van der Waals surface area contributed by atoms with Crippen molar-refractivity contribution in [2.45, 2.75) is 33.7 Å². The average molecular weight is 167 g/mol. The van der Waals surface area contributed by atoms with Gasteiger partial charge in [-0.1, -0.05) is 27.4 Å². The molecular weight excluding hydrogens is 150 g/mol. The number of nitrogens with zero attached hydrogens (tertiary/aromatic N) is 1. The summed E-state index contributed by atoms with van der Waals surface area (Å²) in [6.07, 6.45) is 0. The second-order valence-electron chi connectivity index (χ2n) is 4.41. The molecule has 0 aromatic heterocycles. The van der Waals surface area contributed by atoms with E-state index in [1.54, 1.807) is 0 Å². The van der Waals surface area contributed by atoms with Crippen LogP contribution in [0.25, 0.3) is 0 Å². The van der Waals surface area contributed by atoms with E-state index in [-0.39, 0.29) is 11.5 Å². The average Bonchev–Trinajstić information content (AvgIpc) is 2.30. The van der Waals surface area contributed by atoms with E-state index in [9.17, 15) is 0 Å². The van der Waals surface area contributed by atoms with Gasteiger partial charge < -0.3 is 4.74 Å². The molecule has 1 rings (SSSR count). The van der Waals surface area contributed by atoms with Crippen LogP contribution in [0.4, 0.5) is 0 Å².